The van der Waals surface area contributed by atoms with Gasteiger partial charge in [0.25, 0.3) is 0 Å². The van der Waals surface area contributed by atoms with E-state index in [1.807, 2.05) is 48.5 Å². The summed E-state index contributed by atoms with van der Waals surface area (Å²) < 4.78 is 0. The molecule has 0 heterocycles. The first-order valence-corrected chi connectivity index (χ1v) is 20.4. The molecule has 280 valence electrons. The quantitative estimate of drug-likeness (QED) is 0.0900. The Kier molecular flexibility index (Phi) is 10.2. The topological polar surface area (TPSA) is 96.9 Å². The van der Waals surface area contributed by atoms with Crippen molar-refractivity contribution in [3.8, 4) is 24.0 Å². The molecule has 0 amide bonds. The highest BCUT2D eigenvalue weighted by Gasteiger charge is 2.83. The number of allylic oxidation sites excluding steroid dienone is 2. The number of benzene rings is 4. The number of unbranched alkanes of at least 4 members (excludes halogenated alkanes) is 7. The Morgan fingerprint density at radius 1 is 0.818 bits per heavy atom. The van der Waals surface area contributed by atoms with Crippen LogP contribution < -0.4 is 5.32 Å². The van der Waals surface area contributed by atoms with Gasteiger partial charge in [0, 0.05) is 28.9 Å². The highest BCUT2D eigenvalue weighted by molar-refractivity contribution is 6.51. The van der Waals surface area contributed by atoms with Crippen LogP contribution in [0.25, 0.3) is 27.1 Å². The van der Waals surface area contributed by atoms with Crippen molar-refractivity contribution in [3.63, 3.8) is 0 Å². The normalized spacial score (nSPS) is 22.5. The highest BCUT2D eigenvalue weighted by Crippen LogP contribution is 2.80. The Morgan fingerprint density at radius 2 is 1.49 bits per heavy atom. The third-order valence-electron chi connectivity index (χ3n) is 12.1. The summed E-state index contributed by atoms with van der Waals surface area (Å²) in [5.74, 6) is 6.24. The van der Waals surface area contributed by atoms with E-state index in [9.17, 15) is 20.4 Å². The van der Waals surface area contributed by atoms with Crippen molar-refractivity contribution in [2.45, 2.75) is 110 Å². The molecule has 2 N–H and O–H groups in total. The van der Waals surface area contributed by atoms with E-state index in [1.54, 1.807) is 0 Å². The number of rotatable bonds is 11. The number of aliphatic hydroxyl groups is 1. The number of carbonyl (C=O) groups excluding carboxylic acids is 1. The van der Waals surface area contributed by atoms with E-state index in [0.29, 0.717) is 40.6 Å². The Labute approximate surface area is 335 Å². The van der Waals surface area contributed by atoms with Gasteiger partial charge in [0.05, 0.1) is 17.2 Å². The molecule has 0 saturated heterocycles. The average molecular weight is 769 g/mol. The van der Waals surface area contributed by atoms with Crippen LogP contribution in [0.5, 0.6) is 0 Å². The Balaban J connectivity index is 1.62. The van der Waals surface area contributed by atoms with Crippen LogP contribution in [-0.2, 0) is 15.8 Å². The van der Waals surface area contributed by atoms with Crippen LogP contribution in [0.2, 0.25) is 0 Å². The molecule has 5 nitrogen and oxygen atoms in total. The molecule has 0 fully saturated rings. The molecule has 4 aromatic rings. The SMILES string of the molecule is CCCCCCC#Cc1c2ccccc2c2c3c(c(Nc4ccc(C(C)(C)C)cc4)ccc13)C1(O)C(Cl)=C(Cl)C(=O)C3(C#N)C(CCCCCC)=C2C31C#N. The van der Waals surface area contributed by atoms with Gasteiger partial charge in [0.15, 0.2) is 16.4 Å². The molecule has 0 aromatic heterocycles. The van der Waals surface area contributed by atoms with E-state index in [2.05, 4.69) is 76.0 Å². The van der Waals surface area contributed by atoms with Gasteiger partial charge in [-0.15, -0.1) is 0 Å². The fraction of sp³-hybridized carbons (Fsp3) is 0.396. The first-order chi connectivity index (χ1) is 26.4. The van der Waals surface area contributed by atoms with E-state index in [-0.39, 0.29) is 10.4 Å². The van der Waals surface area contributed by atoms with Crippen molar-refractivity contribution in [2.24, 2.45) is 10.8 Å². The maximum absolute atomic E-state index is 14.5. The van der Waals surface area contributed by atoms with Crippen molar-refractivity contribution in [1.82, 2.24) is 0 Å². The number of hydrogen-bond acceptors (Lipinski definition) is 5. The number of fused-ring (bicyclic) bond motifs is 4. The van der Waals surface area contributed by atoms with E-state index in [4.69, 9.17) is 23.2 Å². The lowest BCUT2D eigenvalue weighted by Crippen LogP contribution is -2.69. The van der Waals surface area contributed by atoms with Gasteiger partial charge in [0.1, 0.15) is 5.03 Å². The number of nitriles is 2. The fourth-order valence-electron chi connectivity index (χ4n) is 9.36. The summed E-state index contributed by atoms with van der Waals surface area (Å²) in [6.07, 6.45) is 9.18. The predicted octanol–water partition coefficient (Wildman–Crippen LogP) is 12.6. The maximum Gasteiger partial charge on any atom is 0.202 e. The second-order valence-electron chi connectivity index (χ2n) is 16.3. The third kappa shape index (κ3) is 5.41. The van der Waals surface area contributed by atoms with Gasteiger partial charge < -0.3 is 10.4 Å². The molecule has 0 saturated carbocycles. The van der Waals surface area contributed by atoms with Crippen LogP contribution in [0, 0.1) is 45.3 Å². The number of anilines is 2. The lowest BCUT2D eigenvalue weighted by Gasteiger charge is -2.64. The Bertz CT molecular complexity index is 2470. The van der Waals surface area contributed by atoms with Gasteiger partial charge in [-0.05, 0) is 86.7 Å². The Morgan fingerprint density at radius 3 is 2.13 bits per heavy atom. The molecule has 0 radical (unpaired) electrons. The van der Waals surface area contributed by atoms with Crippen LogP contribution in [0.3, 0.4) is 0 Å². The van der Waals surface area contributed by atoms with E-state index in [0.717, 1.165) is 83.5 Å². The van der Waals surface area contributed by atoms with Gasteiger partial charge in [-0.25, -0.2) is 0 Å². The molecule has 3 aliphatic carbocycles. The number of nitrogens with one attached hydrogen (secondary N) is 1. The zero-order chi connectivity index (χ0) is 39.3. The van der Waals surface area contributed by atoms with E-state index >= 15 is 0 Å². The molecule has 7 heteroatoms. The lowest BCUT2D eigenvalue weighted by molar-refractivity contribution is -0.135. The zero-order valence-electron chi connectivity index (χ0n) is 32.4. The van der Waals surface area contributed by atoms with Crippen LogP contribution >= 0.6 is 23.2 Å². The largest absolute Gasteiger partial charge is 0.377 e. The lowest BCUT2D eigenvalue weighted by atomic mass is 9.34. The number of ketones is 1. The average Bonchev–Trinajstić information content (AvgIpc) is 3.17. The minimum atomic E-state index is -2.36. The monoisotopic (exact) mass is 767 g/mol. The number of carbonyl (C=O) groups is 1. The second kappa shape index (κ2) is 14.5. The third-order valence-corrected chi connectivity index (χ3v) is 13.0. The smallest absolute Gasteiger partial charge is 0.202 e. The standard InChI is InChI=1S/C48H47Cl2N3O2/c1-6-8-10-12-13-14-18-33-32-19-16-17-20-34(32)38-39-35(33)26-27-37(53-31-24-22-30(23-25-31)45(3,4)5)41(39)48(55)43(50)42(49)44(54)46(28-51)36(21-15-11-9-7-2)40(38)47(46,48)29-52/h16-17,19-20,22-27,53,55H,6-13,15,21H2,1-5H3. The number of Topliss-reactive ketones (excluding diaryl/α,β-unsaturated/α-hetero) is 1. The summed E-state index contributed by atoms with van der Waals surface area (Å²) >= 11 is 14.1. The molecule has 0 bridgehead atoms. The van der Waals surface area contributed by atoms with Gasteiger partial charge in [-0.3, -0.25) is 4.79 Å². The maximum atomic E-state index is 14.5. The van der Waals surface area contributed by atoms with Gasteiger partial charge in [-0.1, -0.05) is 151 Å². The molecule has 7 rings (SSSR count). The van der Waals surface area contributed by atoms with Crippen LogP contribution in [0.4, 0.5) is 11.4 Å². The molecule has 3 unspecified atom stereocenters. The van der Waals surface area contributed by atoms with Crippen molar-refractivity contribution < 1.29 is 9.90 Å². The minimum Gasteiger partial charge on any atom is -0.377 e. The number of halogens is 2. The molecule has 3 aliphatic rings. The molecule has 4 aromatic carbocycles. The second-order valence-corrected chi connectivity index (χ2v) is 17.1. The Hall–Kier alpha value is -4.57. The number of hydrogen-bond donors (Lipinski definition) is 2. The van der Waals surface area contributed by atoms with Crippen LogP contribution in [0.15, 0.2) is 76.3 Å². The summed E-state index contributed by atoms with van der Waals surface area (Å²) in [4.78, 5) is 14.5. The van der Waals surface area contributed by atoms with Gasteiger partial charge in [-0.2, -0.15) is 10.5 Å². The van der Waals surface area contributed by atoms with Crippen molar-refractivity contribution in [2.75, 3.05) is 5.32 Å². The van der Waals surface area contributed by atoms with Crippen molar-refractivity contribution >= 4 is 67.5 Å². The first-order valence-electron chi connectivity index (χ1n) is 19.7. The molecular formula is C48H47Cl2N3O2. The van der Waals surface area contributed by atoms with Gasteiger partial charge >= 0.3 is 0 Å². The molecule has 0 aliphatic heterocycles. The summed E-state index contributed by atoms with van der Waals surface area (Å²) in [5, 5.41) is 42.4. The molecule has 55 heavy (non-hydrogen) atoms. The van der Waals surface area contributed by atoms with Crippen LogP contribution in [-0.4, -0.2) is 10.9 Å². The van der Waals surface area contributed by atoms with E-state index in [1.165, 1.54) is 6.42 Å². The van der Waals surface area contributed by atoms with E-state index < -0.39 is 27.2 Å². The summed E-state index contributed by atoms with van der Waals surface area (Å²) in [5.41, 5.74) is -1.24. The minimum absolute atomic E-state index is 0.0588. The zero-order valence-corrected chi connectivity index (χ0v) is 33.9. The van der Waals surface area contributed by atoms with Crippen molar-refractivity contribution in [1.29, 1.82) is 10.5 Å². The van der Waals surface area contributed by atoms with Crippen LogP contribution in [0.1, 0.15) is 121 Å². The predicted molar refractivity (Wildman–Crippen MR) is 225 cm³/mol. The van der Waals surface area contributed by atoms with Gasteiger partial charge in [0.2, 0.25) is 5.78 Å². The fourth-order valence-corrected chi connectivity index (χ4v) is 9.96. The molecular weight excluding hydrogens is 721 g/mol. The highest BCUT2D eigenvalue weighted by atomic mass is 35.5. The summed E-state index contributed by atoms with van der Waals surface area (Å²) in [6.45, 7) is 10.8. The number of nitrogens with zero attached hydrogens (tertiary/aromatic N) is 2. The van der Waals surface area contributed by atoms with Crippen molar-refractivity contribution in [3.05, 3.63) is 98.6 Å². The summed E-state index contributed by atoms with van der Waals surface area (Å²) in [7, 11) is 0. The summed E-state index contributed by atoms with van der Waals surface area (Å²) in [6, 6.07) is 24.7. The first kappa shape index (κ1) is 38.7. The molecule has 0 spiro atoms. The molecule has 3 atom stereocenters.